The average Bonchev–Trinajstić information content (AvgIpc) is 2.31. The maximum Gasteiger partial charge on any atom is 0.0726 e. The number of rotatable bonds is 4. The third kappa shape index (κ3) is 4.98. The quantitative estimate of drug-likeness (QED) is 0.886. The van der Waals surface area contributed by atoms with Gasteiger partial charge in [-0.1, -0.05) is 6.42 Å². The topological polar surface area (TPSA) is 41.1 Å². The molecule has 2 heterocycles. The lowest BCUT2D eigenvalue weighted by Crippen LogP contribution is -2.42. The molecule has 0 radical (unpaired) electrons. The van der Waals surface area contributed by atoms with Gasteiger partial charge in [-0.05, 0) is 26.4 Å². The van der Waals surface area contributed by atoms with Gasteiger partial charge in [0.2, 0.25) is 0 Å². The minimum Gasteiger partial charge on any atom is -0.313 e. The summed E-state index contributed by atoms with van der Waals surface area (Å²) in [6, 6.07) is 0.649. The minimum absolute atomic E-state index is 0. The summed E-state index contributed by atoms with van der Waals surface area (Å²) in [5.74, 6) is 0. The van der Waals surface area contributed by atoms with Crippen molar-refractivity contribution in [3.63, 3.8) is 0 Å². The number of hydrogen-bond donors (Lipinski definition) is 1. The Morgan fingerprint density at radius 1 is 1.41 bits per heavy atom. The molecule has 96 valence electrons. The molecule has 0 saturated carbocycles. The highest BCUT2D eigenvalue weighted by molar-refractivity contribution is 5.85. The van der Waals surface area contributed by atoms with Crippen molar-refractivity contribution in [2.24, 2.45) is 0 Å². The van der Waals surface area contributed by atoms with Crippen LogP contribution in [0.15, 0.2) is 18.6 Å². The number of aromatic nitrogens is 2. The van der Waals surface area contributed by atoms with Gasteiger partial charge < -0.3 is 5.32 Å². The van der Waals surface area contributed by atoms with Gasteiger partial charge in [0.1, 0.15) is 0 Å². The fraction of sp³-hybridized carbons (Fsp3) is 0.667. The van der Waals surface area contributed by atoms with Crippen molar-refractivity contribution < 1.29 is 0 Å². The fourth-order valence-electron chi connectivity index (χ4n) is 2.21. The summed E-state index contributed by atoms with van der Waals surface area (Å²) in [7, 11) is 2.14. The van der Waals surface area contributed by atoms with Crippen LogP contribution in [0.1, 0.15) is 25.0 Å². The number of hydrogen-bond acceptors (Lipinski definition) is 4. The van der Waals surface area contributed by atoms with E-state index in [1.807, 2.05) is 6.20 Å². The molecule has 1 atom stereocenters. The molecule has 1 aromatic rings. The summed E-state index contributed by atoms with van der Waals surface area (Å²) in [6.07, 6.45) is 9.28. The normalized spacial score (nSPS) is 20.0. The van der Waals surface area contributed by atoms with Crippen LogP contribution in [-0.4, -0.2) is 41.0 Å². The van der Waals surface area contributed by atoms with Crippen LogP contribution in [0.25, 0.3) is 0 Å². The number of piperidine rings is 1. The maximum atomic E-state index is 4.29. The van der Waals surface area contributed by atoms with Crippen LogP contribution in [0.2, 0.25) is 0 Å². The summed E-state index contributed by atoms with van der Waals surface area (Å²) >= 11 is 0. The largest absolute Gasteiger partial charge is 0.313 e. The summed E-state index contributed by atoms with van der Waals surface area (Å²) in [5.41, 5.74) is 1.04. The van der Waals surface area contributed by atoms with E-state index in [1.54, 1.807) is 12.4 Å². The standard InChI is InChI=1S/C12H20N4.ClH/c1-16(9-11-4-2-3-5-14-11)10-12-8-13-6-7-15-12;/h6-8,11,14H,2-5,9-10H2,1H3;1H. The van der Waals surface area contributed by atoms with E-state index < -0.39 is 0 Å². The maximum absolute atomic E-state index is 4.29. The summed E-state index contributed by atoms with van der Waals surface area (Å²) in [5, 5.41) is 3.56. The first-order valence-corrected chi connectivity index (χ1v) is 6.01. The van der Waals surface area contributed by atoms with Crippen molar-refractivity contribution in [1.82, 2.24) is 20.2 Å². The summed E-state index contributed by atoms with van der Waals surface area (Å²) in [4.78, 5) is 10.7. The molecule has 2 rings (SSSR count). The van der Waals surface area contributed by atoms with Crippen LogP contribution in [0.3, 0.4) is 0 Å². The van der Waals surface area contributed by atoms with Crippen LogP contribution in [0, 0.1) is 0 Å². The van der Waals surface area contributed by atoms with Crippen LogP contribution < -0.4 is 5.32 Å². The van der Waals surface area contributed by atoms with Crippen molar-refractivity contribution >= 4 is 12.4 Å². The first-order chi connectivity index (χ1) is 7.84. The zero-order valence-electron chi connectivity index (χ0n) is 10.3. The molecule has 5 heteroatoms. The van der Waals surface area contributed by atoms with E-state index in [9.17, 15) is 0 Å². The van der Waals surface area contributed by atoms with E-state index in [0.717, 1.165) is 18.8 Å². The second-order valence-electron chi connectivity index (χ2n) is 4.54. The predicted octanol–water partition coefficient (Wildman–Crippen LogP) is 1.47. The van der Waals surface area contributed by atoms with Gasteiger partial charge in [-0.15, -0.1) is 12.4 Å². The van der Waals surface area contributed by atoms with E-state index in [0.29, 0.717) is 6.04 Å². The SMILES string of the molecule is CN(Cc1cnccn1)CC1CCCCN1.Cl. The van der Waals surface area contributed by atoms with Gasteiger partial charge in [0.05, 0.1) is 5.69 Å². The van der Waals surface area contributed by atoms with Crippen molar-refractivity contribution in [2.75, 3.05) is 20.1 Å². The van der Waals surface area contributed by atoms with Crippen molar-refractivity contribution in [2.45, 2.75) is 31.8 Å². The Labute approximate surface area is 109 Å². The monoisotopic (exact) mass is 256 g/mol. The van der Waals surface area contributed by atoms with Gasteiger partial charge in [-0.25, -0.2) is 0 Å². The molecule has 17 heavy (non-hydrogen) atoms. The Morgan fingerprint density at radius 2 is 2.29 bits per heavy atom. The second kappa shape index (κ2) is 7.58. The lowest BCUT2D eigenvalue weighted by atomic mass is 10.0. The minimum atomic E-state index is 0. The Hall–Kier alpha value is -0.710. The fourth-order valence-corrected chi connectivity index (χ4v) is 2.21. The second-order valence-corrected chi connectivity index (χ2v) is 4.54. The molecule has 1 aliphatic heterocycles. The van der Waals surface area contributed by atoms with Crippen molar-refractivity contribution in [1.29, 1.82) is 0 Å². The highest BCUT2D eigenvalue weighted by Crippen LogP contribution is 2.08. The third-order valence-electron chi connectivity index (χ3n) is 2.99. The Balaban J connectivity index is 0.00000144. The Bertz CT molecular complexity index is 301. The molecule has 0 aliphatic carbocycles. The lowest BCUT2D eigenvalue weighted by molar-refractivity contribution is 0.254. The zero-order chi connectivity index (χ0) is 11.2. The number of halogens is 1. The zero-order valence-corrected chi connectivity index (χ0v) is 11.1. The van der Waals surface area contributed by atoms with Crippen LogP contribution in [0.5, 0.6) is 0 Å². The lowest BCUT2D eigenvalue weighted by Gasteiger charge is -2.27. The smallest absolute Gasteiger partial charge is 0.0726 e. The molecule has 0 amide bonds. The van der Waals surface area contributed by atoms with Crippen LogP contribution in [0.4, 0.5) is 0 Å². The molecule has 1 aliphatic rings. The highest BCUT2D eigenvalue weighted by Gasteiger charge is 2.14. The van der Waals surface area contributed by atoms with Crippen LogP contribution >= 0.6 is 12.4 Å². The molecular weight excluding hydrogens is 236 g/mol. The number of nitrogens with zero attached hydrogens (tertiary/aromatic N) is 3. The Morgan fingerprint density at radius 3 is 2.94 bits per heavy atom. The number of likely N-dealkylation sites (N-methyl/N-ethyl adjacent to an activating group) is 1. The van der Waals surface area contributed by atoms with Gasteiger partial charge in [0, 0.05) is 37.7 Å². The van der Waals surface area contributed by atoms with E-state index >= 15 is 0 Å². The molecule has 1 unspecified atom stereocenters. The average molecular weight is 257 g/mol. The molecule has 0 aromatic carbocycles. The van der Waals surface area contributed by atoms with E-state index in [1.165, 1.54) is 25.8 Å². The molecule has 1 fully saturated rings. The van der Waals surface area contributed by atoms with Gasteiger partial charge >= 0.3 is 0 Å². The summed E-state index contributed by atoms with van der Waals surface area (Å²) < 4.78 is 0. The predicted molar refractivity (Wildman–Crippen MR) is 71.3 cm³/mol. The molecule has 1 aromatic heterocycles. The van der Waals surface area contributed by atoms with Crippen molar-refractivity contribution in [3.05, 3.63) is 24.3 Å². The first-order valence-electron chi connectivity index (χ1n) is 6.01. The molecular formula is C12H21ClN4. The third-order valence-corrected chi connectivity index (χ3v) is 2.99. The van der Waals surface area contributed by atoms with E-state index in [-0.39, 0.29) is 12.4 Å². The summed E-state index contributed by atoms with van der Waals surface area (Å²) in [6.45, 7) is 3.15. The van der Waals surface area contributed by atoms with Crippen LogP contribution in [-0.2, 0) is 6.54 Å². The van der Waals surface area contributed by atoms with E-state index in [2.05, 4.69) is 27.2 Å². The highest BCUT2D eigenvalue weighted by atomic mass is 35.5. The number of nitrogens with one attached hydrogen (secondary N) is 1. The van der Waals surface area contributed by atoms with Gasteiger partial charge in [0.25, 0.3) is 0 Å². The Kier molecular flexibility index (Phi) is 6.40. The first kappa shape index (κ1) is 14.4. The van der Waals surface area contributed by atoms with Crippen molar-refractivity contribution in [3.8, 4) is 0 Å². The molecule has 0 bridgehead atoms. The molecule has 0 spiro atoms. The van der Waals surface area contributed by atoms with Gasteiger partial charge in [0.15, 0.2) is 0 Å². The van der Waals surface area contributed by atoms with Gasteiger partial charge in [-0.2, -0.15) is 0 Å². The molecule has 1 N–H and O–H groups in total. The van der Waals surface area contributed by atoms with Gasteiger partial charge in [-0.3, -0.25) is 14.9 Å². The molecule has 1 saturated heterocycles. The van der Waals surface area contributed by atoms with E-state index in [4.69, 9.17) is 0 Å². The molecule has 4 nitrogen and oxygen atoms in total.